The largest absolute Gasteiger partial charge is 0.293 e. The number of piperazine rings is 1. The van der Waals surface area contributed by atoms with E-state index >= 15 is 0 Å². The van der Waals surface area contributed by atoms with Crippen LogP contribution in [0.1, 0.15) is 16.7 Å². The fourth-order valence-corrected chi connectivity index (χ4v) is 3.89. The van der Waals surface area contributed by atoms with Crippen LogP contribution in [0.4, 0.5) is 5.82 Å². The van der Waals surface area contributed by atoms with Crippen LogP contribution in [0.2, 0.25) is 5.15 Å². The van der Waals surface area contributed by atoms with Gasteiger partial charge in [0, 0.05) is 19.6 Å². The molecule has 1 fully saturated rings. The number of aryl methyl sites for hydroxylation is 2. The molecule has 2 aromatic carbocycles. The van der Waals surface area contributed by atoms with Crippen LogP contribution in [0.15, 0.2) is 54.6 Å². The van der Waals surface area contributed by atoms with Crippen molar-refractivity contribution in [3.63, 3.8) is 0 Å². The zero-order valence-corrected chi connectivity index (χ0v) is 17.4. The van der Waals surface area contributed by atoms with E-state index < -0.39 is 0 Å². The molecule has 0 atom stereocenters. The summed E-state index contributed by atoms with van der Waals surface area (Å²) in [5.74, 6) is 0.578. The molecule has 2 heterocycles. The van der Waals surface area contributed by atoms with Crippen LogP contribution in [0.5, 0.6) is 0 Å². The Morgan fingerprint density at radius 3 is 2.59 bits per heavy atom. The standard InChI is InChI=1S/C23H23ClN4O/c1-16-6-7-20(17(2)12-16)19-5-3-4-18(13-19)14-27-10-11-28(23(29)15-27)22-9-8-21(24)25-26-22/h3-9,12-13H,10-11,14-15H2,1-2H3. The number of hydrogen-bond donors (Lipinski definition) is 0. The SMILES string of the molecule is Cc1ccc(-c2cccc(CN3CCN(c4ccc(Cl)nn4)C(=O)C3)c2)c(C)c1. The predicted octanol–water partition coefficient (Wildman–Crippen LogP) is 4.26. The average Bonchev–Trinajstić information content (AvgIpc) is 2.69. The summed E-state index contributed by atoms with van der Waals surface area (Å²) >= 11 is 5.79. The second-order valence-electron chi connectivity index (χ2n) is 7.49. The van der Waals surface area contributed by atoms with Crippen LogP contribution >= 0.6 is 11.6 Å². The van der Waals surface area contributed by atoms with Crippen molar-refractivity contribution in [1.82, 2.24) is 15.1 Å². The maximum Gasteiger partial charge on any atom is 0.242 e. The number of aromatic nitrogens is 2. The van der Waals surface area contributed by atoms with Gasteiger partial charge in [-0.3, -0.25) is 14.6 Å². The summed E-state index contributed by atoms with van der Waals surface area (Å²) in [6.45, 7) is 6.73. The minimum absolute atomic E-state index is 0.0263. The number of benzene rings is 2. The van der Waals surface area contributed by atoms with Crippen molar-refractivity contribution in [3.8, 4) is 11.1 Å². The fourth-order valence-electron chi connectivity index (χ4n) is 3.78. The highest BCUT2D eigenvalue weighted by atomic mass is 35.5. The van der Waals surface area contributed by atoms with Gasteiger partial charge in [0.1, 0.15) is 0 Å². The molecule has 0 spiro atoms. The van der Waals surface area contributed by atoms with E-state index in [0.717, 1.165) is 13.1 Å². The molecule has 0 unspecified atom stereocenters. The molecule has 0 radical (unpaired) electrons. The molecule has 148 valence electrons. The van der Waals surface area contributed by atoms with E-state index in [1.54, 1.807) is 17.0 Å². The predicted molar refractivity (Wildman–Crippen MR) is 116 cm³/mol. The summed E-state index contributed by atoms with van der Waals surface area (Å²) in [6.07, 6.45) is 0. The van der Waals surface area contributed by atoms with Gasteiger partial charge in [-0.15, -0.1) is 10.2 Å². The third kappa shape index (κ3) is 4.47. The summed E-state index contributed by atoms with van der Waals surface area (Å²) in [5, 5.41) is 8.18. The maximum absolute atomic E-state index is 12.6. The summed E-state index contributed by atoms with van der Waals surface area (Å²) in [5.41, 5.74) is 6.20. The second-order valence-corrected chi connectivity index (χ2v) is 7.88. The first kappa shape index (κ1) is 19.6. The summed E-state index contributed by atoms with van der Waals surface area (Å²) < 4.78 is 0. The van der Waals surface area contributed by atoms with E-state index in [-0.39, 0.29) is 5.91 Å². The van der Waals surface area contributed by atoms with Crippen molar-refractivity contribution in [2.45, 2.75) is 20.4 Å². The van der Waals surface area contributed by atoms with E-state index in [4.69, 9.17) is 11.6 Å². The second kappa shape index (κ2) is 8.31. The lowest BCUT2D eigenvalue weighted by atomic mass is 9.97. The van der Waals surface area contributed by atoms with Gasteiger partial charge in [-0.2, -0.15) is 0 Å². The van der Waals surface area contributed by atoms with Gasteiger partial charge in [-0.05, 0) is 54.3 Å². The minimum atomic E-state index is 0.0263. The molecule has 6 heteroatoms. The number of halogens is 1. The van der Waals surface area contributed by atoms with Crippen molar-refractivity contribution in [3.05, 3.63) is 76.4 Å². The number of carbonyl (C=O) groups excluding carboxylic acids is 1. The van der Waals surface area contributed by atoms with Crippen LogP contribution in [0.25, 0.3) is 11.1 Å². The minimum Gasteiger partial charge on any atom is -0.293 e. The molecule has 1 saturated heterocycles. The van der Waals surface area contributed by atoms with Crippen molar-refractivity contribution in [2.75, 3.05) is 24.5 Å². The molecule has 1 aliphatic rings. The zero-order valence-electron chi connectivity index (χ0n) is 16.6. The summed E-state index contributed by atoms with van der Waals surface area (Å²) in [4.78, 5) is 16.5. The van der Waals surface area contributed by atoms with E-state index in [1.165, 1.54) is 27.8 Å². The number of nitrogens with zero attached hydrogens (tertiary/aromatic N) is 4. The van der Waals surface area contributed by atoms with Crippen molar-refractivity contribution in [2.24, 2.45) is 0 Å². The highest BCUT2D eigenvalue weighted by molar-refractivity contribution is 6.29. The molecule has 29 heavy (non-hydrogen) atoms. The average molecular weight is 407 g/mol. The van der Waals surface area contributed by atoms with Gasteiger partial charge in [-0.1, -0.05) is 53.6 Å². The van der Waals surface area contributed by atoms with Crippen molar-refractivity contribution >= 4 is 23.3 Å². The lowest BCUT2D eigenvalue weighted by molar-refractivity contribution is -0.121. The van der Waals surface area contributed by atoms with E-state index in [0.29, 0.717) is 24.1 Å². The normalized spacial score (nSPS) is 15.0. The molecular weight excluding hydrogens is 384 g/mol. The van der Waals surface area contributed by atoms with Crippen LogP contribution in [0.3, 0.4) is 0 Å². The van der Waals surface area contributed by atoms with Crippen molar-refractivity contribution in [1.29, 1.82) is 0 Å². The number of hydrogen-bond acceptors (Lipinski definition) is 4. The Bertz CT molecular complexity index is 1040. The highest BCUT2D eigenvalue weighted by Gasteiger charge is 2.26. The van der Waals surface area contributed by atoms with Gasteiger partial charge in [0.2, 0.25) is 5.91 Å². The summed E-state index contributed by atoms with van der Waals surface area (Å²) in [7, 11) is 0. The van der Waals surface area contributed by atoms with E-state index in [9.17, 15) is 4.79 Å². The van der Waals surface area contributed by atoms with Gasteiger partial charge in [0.15, 0.2) is 11.0 Å². The molecule has 0 saturated carbocycles. The topological polar surface area (TPSA) is 49.3 Å². The Morgan fingerprint density at radius 2 is 1.86 bits per heavy atom. The Labute approximate surface area is 175 Å². The highest BCUT2D eigenvalue weighted by Crippen LogP contribution is 2.26. The van der Waals surface area contributed by atoms with Gasteiger partial charge in [0.05, 0.1) is 6.54 Å². The van der Waals surface area contributed by atoms with Gasteiger partial charge in [0.25, 0.3) is 0 Å². The molecular formula is C23H23ClN4O. The lowest BCUT2D eigenvalue weighted by Gasteiger charge is -2.33. The quantitative estimate of drug-likeness (QED) is 0.649. The van der Waals surface area contributed by atoms with Crippen LogP contribution in [0, 0.1) is 13.8 Å². The maximum atomic E-state index is 12.6. The first-order valence-electron chi connectivity index (χ1n) is 9.68. The van der Waals surface area contributed by atoms with E-state index in [2.05, 4.69) is 71.4 Å². The summed E-state index contributed by atoms with van der Waals surface area (Å²) in [6, 6.07) is 18.5. The third-order valence-electron chi connectivity index (χ3n) is 5.22. The van der Waals surface area contributed by atoms with Gasteiger partial charge in [-0.25, -0.2) is 0 Å². The first-order valence-corrected chi connectivity index (χ1v) is 10.1. The van der Waals surface area contributed by atoms with Crippen LogP contribution < -0.4 is 4.90 Å². The molecule has 0 bridgehead atoms. The molecule has 5 nitrogen and oxygen atoms in total. The van der Waals surface area contributed by atoms with Crippen molar-refractivity contribution < 1.29 is 4.79 Å². The lowest BCUT2D eigenvalue weighted by Crippen LogP contribution is -2.50. The number of anilines is 1. The van der Waals surface area contributed by atoms with Crippen LogP contribution in [-0.2, 0) is 11.3 Å². The Morgan fingerprint density at radius 1 is 1.00 bits per heavy atom. The zero-order chi connectivity index (χ0) is 20.4. The smallest absolute Gasteiger partial charge is 0.242 e. The van der Waals surface area contributed by atoms with E-state index in [1.807, 2.05) is 0 Å². The Hall–Kier alpha value is -2.76. The molecule has 1 aliphatic heterocycles. The first-order chi connectivity index (χ1) is 14.0. The molecule has 3 aromatic rings. The molecule has 0 aliphatic carbocycles. The number of amides is 1. The number of rotatable bonds is 4. The van der Waals surface area contributed by atoms with Gasteiger partial charge < -0.3 is 0 Å². The molecule has 4 rings (SSSR count). The number of carbonyl (C=O) groups is 1. The molecule has 1 aromatic heterocycles. The Balaban J connectivity index is 1.45. The third-order valence-corrected chi connectivity index (χ3v) is 5.42. The van der Waals surface area contributed by atoms with Gasteiger partial charge >= 0.3 is 0 Å². The monoisotopic (exact) mass is 406 g/mol. The fraction of sp³-hybridized carbons (Fsp3) is 0.261. The Kier molecular flexibility index (Phi) is 5.60. The van der Waals surface area contributed by atoms with Crippen LogP contribution in [-0.4, -0.2) is 40.6 Å². The molecule has 1 amide bonds. The molecule has 0 N–H and O–H groups in total.